The smallest absolute Gasteiger partial charge is 0.325 e. The fraction of sp³-hybridized carbons (Fsp3) is 0.143. The van der Waals surface area contributed by atoms with E-state index >= 15 is 0 Å². The zero-order valence-corrected chi connectivity index (χ0v) is 6.82. The van der Waals surface area contributed by atoms with E-state index in [1.807, 2.05) is 0 Å². The molecule has 64 valence electrons. The summed E-state index contributed by atoms with van der Waals surface area (Å²) in [7, 11) is 0. The number of nitrogens with zero attached hydrogens (tertiary/aromatic N) is 1. The van der Waals surface area contributed by atoms with Gasteiger partial charge in [0.1, 0.15) is 6.04 Å². The van der Waals surface area contributed by atoms with Crippen LogP contribution in [-0.4, -0.2) is 16.1 Å². The lowest BCUT2D eigenvalue weighted by molar-refractivity contribution is -0.138. The monoisotopic (exact) mass is 186 g/mol. The number of aliphatic carboxylic acids is 1. The molecule has 1 atom stereocenters. The Labute approximate surface area is 74.0 Å². The molecule has 12 heavy (non-hydrogen) atoms. The van der Waals surface area contributed by atoms with Crippen LogP contribution in [0.1, 0.15) is 11.6 Å². The number of carboxylic acid groups (broad SMARTS) is 1. The van der Waals surface area contributed by atoms with Crippen molar-refractivity contribution in [1.29, 1.82) is 0 Å². The average molecular weight is 187 g/mol. The van der Waals surface area contributed by atoms with E-state index in [-0.39, 0.29) is 0 Å². The topological polar surface area (TPSA) is 76.2 Å². The molecule has 0 unspecified atom stereocenters. The lowest BCUT2D eigenvalue weighted by Gasteiger charge is -2.04. The minimum Gasteiger partial charge on any atom is -0.480 e. The molecule has 0 saturated carbocycles. The molecule has 1 rings (SSSR count). The van der Waals surface area contributed by atoms with Crippen molar-refractivity contribution in [3.8, 4) is 0 Å². The second-order valence-corrected chi connectivity index (χ2v) is 2.69. The molecular weight excluding hydrogens is 180 g/mol. The van der Waals surface area contributed by atoms with E-state index in [2.05, 4.69) is 4.98 Å². The molecule has 0 fully saturated rings. The Bertz CT molecular complexity index is 303. The van der Waals surface area contributed by atoms with Crippen molar-refractivity contribution in [2.45, 2.75) is 6.04 Å². The van der Waals surface area contributed by atoms with E-state index in [0.717, 1.165) is 0 Å². The third kappa shape index (κ3) is 1.93. The highest BCUT2D eigenvalue weighted by atomic mass is 35.5. The van der Waals surface area contributed by atoms with Crippen LogP contribution in [0.4, 0.5) is 0 Å². The molecule has 0 radical (unpaired) electrons. The van der Waals surface area contributed by atoms with E-state index in [1.54, 1.807) is 0 Å². The summed E-state index contributed by atoms with van der Waals surface area (Å²) in [6.45, 7) is 0. The molecule has 5 heteroatoms. The second kappa shape index (κ2) is 3.51. The van der Waals surface area contributed by atoms with Crippen molar-refractivity contribution in [1.82, 2.24) is 4.98 Å². The summed E-state index contributed by atoms with van der Waals surface area (Å²) in [5.41, 5.74) is 5.71. The number of aromatic nitrogens is 1. The van der Waals surface area contributed by atoms with E-state index in [1.165, 1.54) is 18.5 Å². The summed E-state index contributed by atoms with van der Waals surface area (Å²) >= 11 is 5.58. The van der Waals surface area contributed by atoms with Crippen LogP contribution in [-0.2, 0) is 4.79 Å². The van der Waals surface area contributed by atoms with Crippen molar-refractivity contribution in [2.24, 2.45) is 5.73 Å². The first-order chi connectivity index (χ1) is 5.61. The number of hydrogen-bond donors (Lipinski definition) is 2. The third-order valence-corrected chi connectivity index (χ3v) is 1.56. The lowest BCUT2D eigenvalue weighted by atomic mass is 10.1. The molecule has 1 heterocycles. The minimum atomic E-state index is -1.10. The molecule has 4 nitrogen and oxygen atoms in total. The number of hydrogen-bond acceptors (Lipinski definition) is 3. The quantitative estimate of drug-likeness (QED) is 0.717. The maximum absolute atomic E-state index is 10.4. The summed E-state index contributed by atoms with van der Waals surface area (Å²) in [4.78, 5) is 14.1. The number of halogens is 1. The van der Waals surface area contributed by atoms with Gasteiger partial charge in [0.2, 0.25) is 0 Å². The number of rotatable bonds is 2. The van der Waals surface area contributed by atoms with Crippen molar-refractivity contribution in [2.75, 3.05) is 0 Å². The highest BCUT2D eigenvalue weighted by Crippen LogP contribution is 2.13. The SMILES string of the molecule is N[C@@H](C(=O)O)c1cncc(Cl)c1. The summed E-state index contributed by atoms with van der Waals surface area (Å²) in [5, 5.41) is 8.91. The summed E-state index contributed by atoms with van der Waals surface area (Å²) < 4.78 is 0. The Hall–Kier alpha value is -1.13. The van der Waals surface area contributed by atoms with Crippen molar-refractivity contribution in [3.63, 3.8) is 0 Å². The Balaban J connectivity index is 2.95. The molecule has 0 amide bonds. The molecule has 0 aromatic carbocycles. The van der Waals surface area contributed by atoms with Gasteiger partial charge in [-0.15, -0.1) is 0 Å². The maximum atomic E-state index is 10.4. The fourth-order valence-electron chi connectivity index (χ4n) is 0.741. The van der Waals surface area contributed by atoms with Gasteiger partial charge in [-0.3, -0.25) is 9.78 Å². The van der Waals surface area contributed by atoms with Gasteiger partial charge < -0.3 is 10.8 Å². The molecule has 0 spiro atoms. The maximum Gasteiger partial charge on any atom is 0.325 e. The first-order valence-electron chi connectivity index (χ1n) is 3.20. The normalized spacial score (nSPS) is 12.5. The molecule has 1 aromatic heterocycles. The zero-order chi connectivity index (χ0) is 9.14. The Morgan fingerprint density at radius 2 is 2.33 bits per heavy atom. The van der Waals surface area contributed by atoms with Crippen molar-refractivity contribution in [3.05, 3.63) is 29.0 Å². The van der Waals surface area contributed by atoms with Crippen LogP contribution in [0.3, 0.4) is 0 Å². The second-order valence-electron chi connectivity index (χ2n) is 2.25. The summed E-state index contributed by atoms with van der Waals surface area (Å²) in [5.74, 6) is -1.10. The predicted molar refractivity (Wildman–Crippen MR) is 43.8 cm³/mol. The molecule has 0 aliphatic carbocycles. The van der Waals surface area contributed by atoms with Gasteiger partial charge >= 0.3 is 5.97 Å². The van der Waals surface area contributed by atoms with Gasteiger partial charge in [-0.2, -0.15) is 0 Å². The Kier molecular flexibility index (Phi) is 2.62. The van der Waals surface area contributed by atoms with Gasteiger partial charge in [-0.25, -0.2) is 0 Å². The first-order valence-corrected chi connectivity index (χ1v) is 3.58. The van der Waals surface area contributed by atoms with E-state index in [4.69, 9.17) is 22.4 Å². The third-order valence-electron chi connectivity index (χ3n) is 1.35. The average Bonchev–Trinajstić information content (AvgIpc) is 2.03. The van der Waals surface area contributed by atoms with Gasteiger partial charge in [-0.1, -0.05) is 11.6 Å². The van der Waals surface area contributed by atoms with Gasteiger partial charge in [0.05, 0.1) is 5.02 Å². The number of carboxylic acids is 1. The summed E-state index contributed by atoms with van der Waals surface area (Å²) in [6.07, 6.45) is 2.80. The van der Waals surface area contributed by atoms with Crippen LogP contribution in [0.25, 0.3) is 0 Å². The molecule has 0 aliphatic heterocycles. The number of pyridine rings is 1. The minimum absolute atomic E-state index is 0.379. The van der Waals surface area contributed by atoms with Gasteiger partial charge in [-0.05, 0) is 11.6 Å². The van der Waals surface area contributed by atoms with Crippen molar-refractivity contribution >= 4 is 17.6 Å². The highest BCUT2D eigenvalue weighted by Gasteiger charge is 2.14. The number of nitrogens with two attached hydrogens (primary N) is 1. The van der Waals surface area contributed by atoms with Crippen LogP contribution in [0, 0.1) is 0 Å². The van der Waals surface area contributed by atoms with Crippen LogP contribution >= 0.6 is 11.6 Å². The Morgan fingerprint density at radius 1 is 1.67 bits per heavy atom. The van der Waals surface area contributed by atoms with Crippen molar-refractivity contribution < 1.29 is 9.90 Å². The Morgan fingerprint density at radius 3 is 2.83 bits per heavy atom. The van der Waals surface area contributed by atoms with Crippen LogP contribution < -0.4 is 5.73 Å². The molecule has 0 bridgehead atoms. The molecule has 0 saturated heterocycles. The predicted octanol–water partition coefficient (Wildman–Crippen LogP) is 0.819. The van der Waals surface area contributed by atoms with Crippen LogP contribution in [0.15, 0.2) is 18.5 Å². The largest absolute Gasteiger partial charge is 0.480 e. The van der Waals surface area contributed by atoms with Crippen LogP contribution in [0.5, 0.6) is 0 Å². The standard InChI is InChI=1S/C7H7ClN2O2/c8-5-1-4(2-10-3-5)6(9)7(11)12/h1-3,6H,9H2,(H,11,12)/t6-/m1/s1. The molecule has 0 aliphatic rings. The highest BCUT2D eigenvalue weighted by molar-refractivity contribution is 6.30. The first kappa shape index (κ1) is 8.96. The molecule has 3 N–H and O–H groups in total. The van der Waals surface area contributed by atoms with Crippen LogP contribution in [0.2, 0.25) is 5.02 Å². The number of carbonyl (C=O) groups is 1. The zero-order valence-electron chi connectivity index (χ0n) is 6.07. The van der Waals surface area contributed by atoms with Gasteiger partial charge in [0, 0.05) is 12.4 Å². The lowest BCUT2D eigenvalue weighted by Crippen LogP contribution is -2.20. The summed E-state index contributed by atoms with van der Waals surface area (Å²) in [6, 6.07) is 0.420. The fourth-order valence-corrected chi connectivity index (χ4v) is 0.923. The van der Waals surface area contributed by atoms with E-state index < -0.39 is 12.0 Å². The van der Waals surface area contributed by atoms with E-state index in [9.17, 15) is 4.79 Å². The molecule has 1 aromatic rings. The molecular formula is C7H7ClN2O2. The van der Waals surface area contributed by atoms with Gasteiger partial charge in [0.15, 0.2) is 0 Å². The van der Waals surface area contributed by atoms with Gasteiger partial charge in [0.25, 0.3) is 0 Å². The van der Waals surface area contributed by atoms with E-state index in [0.29, 0.717) is 10.6 Å².